The zero-order valence-electron chi connectivity index (χ0n) is 17.8. The lowest BCUT2D eigenvalue weighted by Gasteiger charge is -2.47. The van der Waals surface area contributed by atoms with E-state index in [-0.39, 0.29) is 29.0 Å². The molecule has 6 nitrogen and oxygen atoms in total. The number of esters is 1. The van der Waals surface area contributed by atoms with Crippen LogP contribution in [0.1, 0.15) is 48.0 Å². The van der Waals surface area contributed by atoms with Crippen molar-refractivity contribution in [1.29, 1.82) is 0 Å². The van der Waals surface area contributed by atoms with Crippen LogP contribution in [0.2, 0.25) is 0 Å². The molecular formula is C23H28O6. The van der Waals surface area contributed by atoms with Crippen LogP contribution in [0.5, 0.6) is 0 Å². The standard InChI is InChI=1S/C23H28O6/c1-10-7-14-16-15(21(16,5)6)8-12(3)22(17(14)25)9-11(2)19(27-13(4)24)23(22)18(10)28-20(26)29-23/h7,9,12,14-16,18-19H,8H2,1-6H3/t12-,14+,15-,16+,18-,19+,22+,23+/m1/s1. The van der Waals surface area contributed by atoms with Crippen molar-refractivity contribution in [3.05, 3.63) is 23.3 Å². The van der Waals surface area contributed by atoms with E-state index in [1.54, 1.807) is 0 Å². The van der Waals surface area contributed by atoms with E-state index >= 15 is 0 Å². The number of hydrogen-bond donors (Lipinski definition) is 0. The number of fused-ring (bicyclic) bond motifs is 3. The van der Waals surface area contributed by atoms with Crippen LogP contribution in [0.25, 0.3) is 0 Å². The maximum Gasteiger partial charge on any atom is 0.509 e. The van der Waals surface area contributed by atoms with Crippen molar-refractivity contribution < 1.29 is 28.6 Å². The van der Waals surface area contributed by atoms with Gasteiger partial charge in [0.05, 0.1) is 5.41 Å². The van der Waals surface area contributed by atoms with E-state index in [4.69, 9.17) is 14.2 Å². The molecule has 4 aliphatic carbocycles. The van der Waals surface area contributed by atoms with Gasteiger partial charge in [-0.25, -0.2) is 4.79 Å². The minimum Gasteiger partial charge on any atom is -0.453 e. The second-order valence-corrected chi connectivity index (χ2v) is 10.3. The number of hydrogen-bond acceptors (Lipinski definition) is 6. The molecule has 0 aromatic carbocycles. The third kappa shape index (κ3) is 1.96. The van der Waals surface area contributed by atoms with Crippen LogP contribution in [-0.4, -0.2) is 35.7 Å². The van der Waals surface area contributed by atoms with Crippen molar-refractivity contribution in [2.75, 3.05) is 0 Å². The summed E-state index contributed by atoms with van der Waals surface area (Å²) in [6.45, 7) is 11.6. The molecule has 2 saturated carbocycles. The highest BCUT2D eigenvalue weighted by molar-refractivity contribution is 5.96. The van der Waals surface area contributed by atoms with Crippen LogP contribution in [0.3, 0.4) is 0 Å². The average Bonchev–Trinajstić information content (AvgIpc) is 2.92. The van der Waals surface area contributed by atoms with Gasteiger partial charge >= 0.3 is 12.1 Å². The smallest absolute Gasteiger partial charge is 0.453 e. The molecule has 2 spiro atoms. The number of carbonyl (C=O) groups excluding carboxylic acids is 3. The van der Waals surface area contributed by atoms with Crippen LogP contribution in [0, 0.1) is 34.5 Å². The predicted octanol–water partition coefficient (Wildman–Crippen LogP) is 3.60. The van der Waals surface area contributed by atoms with Crippen LogP contribution < -0.4 is 0 Å². The van der Waals surface area contributed by atoms with Crippen molar-refractivity contribution >= 4 is 17.9 Å². The molecular weight excluding hydrogens is 372 g/mol. The van der Waals surface area contributed by atoms with Crippen molar-refractivity contribution in [3.8, 4) is 0 Å². The Balaban J connectivity index is 1.79. The maximum atomic E-state index is 14.3. The van der Waals surface area contributed by atoms with Crippen LogP contribution in [0.15, 0.2) is 23.3 Å². The molecule has 0 N–H and O–H groups in total. The summed E-state index contributed by atoms with van der Waals surface area (Å²) in [6.07, 6.45) is 2.37. The number of Topliss-reactive ketones (excluding diaryl/α,β-unsaturated/α-hetero) is 1. The lowest BCUT2D eigenvalue weighted by Crippen LogP contribution is -2.64. The van der Waals surface area contributed by atoms with Gasteiger partial charge in [-0.2, -0.15) is 0 Å². The Labute approximate surface area is 170 Å². The predicted molar refractivity (Wildman–Crippen MR) is 103 cm³/mol. The summed E-state index contributed by atoms with van der Waals surface area (Å²) in [5.74, 6) is -0.0537. The van der Waals surface area contributed by atoms with Gasteiger partial charge in [-0.05, 0) is 54.6 Å². The molecule has 8 atom stereocenters. The zero-order valence-corrected chi connectivity index (χ0v) is 17.8. The Kier molecular flexibility index (Phi) is 3.47. The lowest BCUT2D eigenvalue weighted by atomic mass is 9.59. The first-order valence-electron chi connectivity index (χ1n) is 10.5. The van der Waals surface area contributed by atoms with E-state index in [1.165, 1.54) is 6.92 Å². The van der Waals surface area contributed by atoms with Crippen molar-refractivity contribution in [2.24, 2.45) is 34.5 Å². The SMILES string of the molecule is CC(=O)O[C@H]1C(C)=C[C@]23C(=O)[C@@H](C=C(C)[C@H]4OC(=O)O[C@@]412)[C@H]1[C@@H](C[C@H]3C)C1(C)C. The Morgan fingerprint density at radius 3 is 2.55 bits per heavy atom. The van der Waals surface area contributed by atoms with E-state index in [1.807, 2.05) is 26.0 Å². The molecule has 0 amide bonds. The molecule has 2 bridgehead atoms. The molecule has 0 radical (unpaired) electrons. The van der Waals surface area contributed by atoms with Gasteiger partial charge in [-0.15, -0.1) is 0 Å². The zero-order chi connectivity index (χ0) is 21.1. The Morgan fingerprint density at radius 2 is 1.90 bits per heavy atom. The Morgan fingerprint density at radius 1 is 1.21 bits per heavy atom. The van der Waals surface area contributed by atoms with Gasteiger partial charge in [0.2, 0.25) is 5.60 Å². The van der Waals surface area contributed by atoms with Crippen LogP contribution >= 0.6 is 0 Å². The average molecular weight is 400 g/mol. The van der Waals surface area contributed by atoms with Crippen molar-refractivity contribution in [1.82, 2.24) is 0 Å². The van der Waals surface area contributed by atoms with Gasteiger partial charge in [0, 0.05) is 12.8 Å². The summed E-state index contributed by atoms with van der Waals surface area (Å²) in [6, 6.07) is 0. The fourth-order valence-corrected chi connectivity index (χ4v) is 7.31. The fourth-order valence-electron chi connectivity index (χ4n) is 7.31. The monoisotopic (exact) mass is 400 g/mol. The largest absolute Gasteiger partial charge is 0.509 e. The third-order valence-corrected chi connectivity index (χ3v) is 8.52. The van der Waals surface area contributed by atoms with E-state index in [0.29, 0.717) is 5.92 Å². The molecule has 0 aromatic heterocycles. The lowest BCUT2D eigenvalue weighted by molar-refractivity contribution is -0.177. The molecule has 1 heterocycles. The highest BCUT2D eigenvalue weighted by Gasteiger charge is 2.80. The van der Waals surface area contributed by atoms with E-state index in [9.17, 15) is 14.4 Å². The summed E-state index contributed by atoms with van der Waals surface area (Å²) in [5.41, 5.74) is -0.814. The third-order valence-electron chi connectivity index (χ3n) is 8.52. The van der Waals surface area contributed by atoms with Gasteiger partial charge < -0.3 is 14.2 Å². The second-order valence-electron chi connectivity index (χ2n) is 10.3. The number of ether oxygens (including phenoxy) is 3. The molecule has 29 heavy (non-hydrogen) atoms. The topological polar surface area (TPSA) is 78.9 Å². The fraction of sp³-hybridized carbons (Fsp3) is 0.696. The van der Waals surface area contributed by atoms with Gasteiger partial charge in [0.1, 0.15) is 0 Å². The summed E-state index contributed by atoms with van der Waals surface area (Å²) in [5, 5.41) is 0. The van der Waals surface area contributed by atoms with E-state index in [0.717, 1.165) is 17.6 Å². The molecule has 156 valence electrons. The van der Waals surface area contributed by atoms with Crippen LogP contribution in [0.4, 0.5) is 4.79 Å². The number of ketones is 1. The number of allylic oxidation sites excluding steroid dienone is 1. The first-order valence-corrected chi connectivity index (χ1v) is 10.5. The molecule has 6 heteroatoms. The van der Waals surface area contributed by atoms with Gasteiger partial charge in [-0.1, -0.05) is 32.9 Å². The molecule has 1 aliphatic heterocycles. The molecule has 3 fully saturated rings. The first kappa shape index (κ1) is 18.9. The molecule has 5 aliphatic rings. The minimum absolute atomic E-state index is 0.0669. The second kappa shape index (κ2) is 5.32. The van der Waals surface area contributed by atoms with Crippen molar-refractivity contribution in [2.45, 2.75) is 65.8 Å². The Hall–Kier alpha value is -2.11. The summed E-state index contributed by atoms with van der Waals surface area (Å²) in [4.78, 5) is 38.7. The maximum absolute atomic E-state index is 14.3. The van der Waals surface area contributed by atoms with Crippen LogP contribution in [-0.2, 0) is 23.8 Å². The molecule has 5 rings (SSSR count). The number of carbonyl (C=O) groups is 3. The number of rotatable bonds is 1. The first-order chi connectivity index (χ1) is 13.5. The van der Waals surface area contributed by atoms with Gasteiger partial charge in [0.25, 0.3) is 0 Å². The normalized spacial score (nSPS) is 48.6. The Bertz CT molecular complexity index is 912. The summed E-state index contributed by atoms with van der Waals surface area (Å²) in [7, 11) is 0. The van der Waals surface area contributed by atoms with Gasteiger partial charge in [0.15, 0.2) is 18.0 Å². The van der Waals surface area contributed by atoms with E-state index < -0.39 is 35.3 Å². The summed E-state index contributed by atoms with van der Waals surface area (Å²) >= 11 is 0. The molecule has 0 aromatic rings. The molecule has 0 unspecified atom stereocenters. The van der Waals surface area contributed by atoms with Gasteiger partial charge in [-0.3, -0.25) is 9.59 Å². The van der Waals surface area contributed by atoms with Crippen molar-refractivity contribution in [3.63, 3.8) is 0 Å². The summed E-state index contributed by atoms with van der Waals surface area (Å²) < 4.78 is 17.3. The van der Waals surface area contributed by atoms with E-state index in [2.05, 4.69) is 20.8 Å². The highest BCUT2D eigenvalue weighted by atomic mass is 16.8. The molecule has 1 saturated heterocycles. The quantitative estimate of drug-likeness (QED) is 0.494. The minimum atomic E-state index is -1.38. The highest BCUT2D eigenvalue weighted by Crippen LogP contribution is 2.72.